The van der Waals surface area contributed by atoms with Crippen molar-refractivity contribution in [2.75, 3.05) is 13.2 Å². The highest BCUT2D eigenvalue weighted by Gasteiger charge is 2.56. The lowest BCUT2D eigenvalue weighted by atomic mass is 9.99. The van der Waals surface area contributed by atoms with Crippen molar-refractivity contribution >= 4 is 29.5 Å². The summed E-state index contributed by atoms with van der Waals surface area (Å²) in [6.45, 7) is 10.1. The number of ether oxygens (including phenoxy) is 1. The summed E-state index contributed by atoms with van der Waals surface area (Å²) in [5.74, 6) is -1.51. The molecule has 2 rings (SSSR count). The van der Waals surface area contributed by atoms with E-state index in [9.17, 15) is 24.0 Å². The summed E-state index contributed by atoms with van der Waals surface area (Å²) in [6.07, 6.45) is 1.32. The summed E-state index contributed by atoms with van der Waals surface area (Å²) >= 11 is 1.45. The van der Waals surface area contributed by atoms with E-state index in [2.05, 4.69) is 10.3 Å². The van der Waals surface area contributed by atoms with Gasteiger partial charge in [0.1, 0.15) is 19.1 Å². The van der Waals surface area contributed by atoms with Crippen molar-refractivity contribution in [1.29, 1.82) is 0 Å². The first-order valence-corrected chi connectivity index (χ1v) is 10.4. The molecule has 1 unspecified atom stereocenters. The average molecular weight is 441 g/mol. The predicted octanol–water partition coefficient (Wildman–Crippen LogP) is -0.0170. The standard InChI is InChI=1S/C19H28N4O6S/c1-7-29-13(25)8-20-16(27)14-18(3,4)30-19(5,6)23(14)12(24)10-22-9-11(2)15(26)21-17(22)28/h9,14H,7-8,10H2,1-6H3,(H,20,27)(H,21,26,28). The van der Waals surface area contributed by atoms with Crippen molar-refractivity contribution in [2.24, 2.45) is 0 Å². The van der Waals surface area contributed by atoms with E-state index in [1.54, 1.807) is 6.92 Å². The highest BCUT2D eigenvalue weighted by atomic mass is 32.2. The summed E-state index contributed by atoms with van der Waals surface area (Å²) < 4.78 is 5.29. The zero-order valence-electron chi connectivity index (χ0n) is 18.0. The van der Waals surface area contributed by atoms with Crippen LogP contribution in [0.15, 0.2) is 15.8 Å². The molecule has 0 aliphatic carbocycles. The van der Waals surface area contributed by atoms with Crippen LogP contribution >= 0.6 is 11.8 Å². The minimum absolute atomic E-state index is 0.199. The van der Waals surface area contributed by atoms with E-state index in [0.29, 0.717) is 5.56 Å². The van der Waals surface area contributed by atoms with Crippen LogP contribution < -0.4 is 16.6 Å². The van der Waals surface area contributed by atoms with Crippen molar-refractivity contribution in [3.63, 3.8) is 0 Å². The molecule has 166 valence electrons. The molecule has 1 saturated heterocycles. The van der Waals surface area contributed by atoms with Crippen LogP contribution in [0.4, 0.5) is 0 Å². The van der Waals surface area contributed by atoms with Crippen LogP contribution in [0.2, 0.25) is 0 Å². The largest absolute Gasteiger partial charge is 0.465 e. The number of amides is 2. The van der Waals surface area contributed by atoms with Gasteiger partial charge in [-0.25, -0.2) is 4.79 Å². The maximum atomic E-state index is 13.2. The molecule has 0 aromatic carbocycles. The molecule has 11 heteroatoms. The summed E-state index contributed by atoms with van der Waals surface area (Å²) in [5, 5.41) is 2.54. The molecule has 1 aliphatic rings. The first-order valence-electron chi connectivity index (χ1n) is 9.56. The number of H-pyrrole nitrogens is 1. The monoisotopic (exact) mass is 440 g/mol. The third-order valence-corrected chi connectivity index (χ3v) is 6.18. The maximum Gasteiger partial charge on any atom is 0.328 e. The molecule has 1 atom stereocenters. The van der Waals surface area contributed by atoms with Crippen molar-refractivity contribution in [1.82, 2.24) is 19.8 Å². The molecule has 30 heavy (non-hydrogen) atoms. The smallest absolute Gasteiger partial charge is 0.328 e. The van der Waals surface area contributed by atoms with Gasteiger partial charge in [0.15, 0.2) is 0 Å². The van der Waals surface area contributed by atoms with Gasteiger partial charge in [0.05, 0.1) is 11.5 Å². The van der Waals surface area contributed by atoms with Crippen molar-refractivity contribution in [3.05, 3.63) is 32.6 Å². The Morgan fingerprint density at radius 2 is 1.87 bits per heavy atom. The number of rotatable bonds is 6. The Bertz CT molecular complexity index is 965. The number of esters is 1. The van der Waals surface area contributed by atoms with Gasteiger partial charge in [-0.05, 0) is 41.5 Å². The maximum absolute atomic E-state index is 13.2. The van der Waals surface area contributed by atoms with E-state index in [4.69, 9.17) is 4.74 Å². The molecular formula is C19H28N4O6S. The highest BCUT2D eigenvalue weighted by molar-refractivity contribution is 8.02. The van der Waals surface area contributed by atoms with E-state index in [1.807, 2.05) is 27.7 Å². The molecule has 0 radical (unpaired) electrons. The van der Waals surface area contributed by atoms with Crippen molar-refractivity contribution < 1.29 is 19.1 Å². The Morgan fingerprint density at radius 1 is 1.23 bits per heavy atom. The summed E-state index contributed by atoms with van der Waals surface area (Å²) in [7, 11) is 0. The van der Waals surface area contributed by atoms with Gasteiger partial charge in [-0.1, -0.05) is 0 Å². The van der Waals surface area contributed by atoms with Gasteiger partial charge in [-0.2, -0.15) is 0 Å². The minimum atomic E-state index is -0.876. The predicted molar refractivity (Wildman–Crippen MR) is 112 cm³/mol. The summed E-state index contributed by atoms with van der Waals surface area (Å²) in [5.41, 5.74) is -0.925. The summed E-state index contributed by atoms with van der Waals surface area (Å²) in [6, 6.07) is -0.876. The molecular weight excluding hydrogens is 412 g/mol. The van der Waals surface area contributed by atoms with Crippen LogP contribution in [0.25, 0.3) is 0 Å². The van der Waals surface area contributed by atoms with Gasteiger partial charge in [-0.15, -0.1) is 11.8 Å². The first-order chi connectivity index (χ1) is 13.8. The van der Waals surface area contributed by atoms with Crippen LogP contribution in [-0.2, 0) is 25.7 Å². The van der Waals surface area contributed by atoms with Gasteiger partial charge in [0.2, 0.25) is 11.8 Å². The fourth-order valence-corrected chi connectivity index (χ4v) is 5.59. The van der Waals surface area contributed by atoms with E-state index >= 15 is 0 Å². The van der Waals surface area contributed by atoms with Crippen molar-refractivity contribution in [3.8, 4) is 0 Å². The highest BCUT2D eigenvalue weighted by Crippen LogP contribution is 2.51. The third-order valence-electron chi connectivity index (χ3n) is 4.73. The molecule has 2 amide bonds. The Morgan fingerprint density at radius 3 is 2.47 bits per heavy atom. The third kappa shape index (κ3) is 4.94. The van der Waals surface area contributed by atoms with E-state index in [1.165, 1.54) is 29.8 Å². The number of aromatic amines is 1. The van der Waals surface area contributed by atoms with Crippen molar-refractivity contribution in [2.45, 2.75) is 63.7 Å². The van der Waals surface area contributed by atoms with Gasteiger partial charge < -0.3 is 15.0 Å². The molecule has 1 fully saturated rings. The molecule has 2 heterocycles. The van der Waals surface area contributed by atoms with Crippen LogP contribution in [0.3, 0.4) is 0 Å². The first kappa shape index (κ1) is 23.7. The Kier molecular flexibility index (Phi) is 6.85. The lowest BCUT2D eigenvalue weighted by molar-refractivity contribution is -0.146. The second-order valence-corrected chi connectivity index (χ2v) is 10.3. The summed E-state index contributed by atoms with van der Waals surface area (Å²) in [4.78, 5) is 64.3. The average Bonchev–Trinajstić information content (AvgIpc) is 2.81. The lowest BCUT2D eigenvalue weighted by Crippen LogP contribution is -2.58. The molecule has 0 saturated carbocycles. The van der Waals surface area contributed by atoms with Gasteiger partial charge in [0.25, 0.3) is 5.56 Å². The quantitative estimate of drug-likeness (QED) is 0.595. The number of hydrogen-bond acceptors (Lipinski definition) is 7. The fraction of sp³-hybridized carbons (Fsp3) is 0.632. The van der Waals surface area contributed by atoms with Crippen LogP contribution in [0.1, 0.15) is 40.2 Å². The normalized spacial score (nSPS) is 19.4. The fourth-order valence-electron chi connectivity index (χ4n) is 3.67. The Hall–Kier alpha value is -2.56. The molecule has 1 aromatic heterocycles. The molecule has 1 aliphatic heterocycles. The lowest BCUT2D eigenvalue weighted by Gasteiger charge is -2.35. The van der Waals surface area contributed by atoms with Crippen LogP contribution in [-0.4, -0.2) is 61.0 Å². The second kappa shape index (κ2) is 8.66. The number of nitrogens with zero attached hydrogens (tertiary/aromatic N) is 2. The molecule has 0 spiro atoms. The zero-order chi connectivity index (χ0) is 22.9. The Balaban J connectivity index is 2.31. The number of thioether (sulfide) groups is 1. The number of carbonyl (C=O) groups excluding carboxylic acids is 3. The molecule has 1 aromatic rings. The van der Waals surface area contributed by atoms with Crippen LogP contribution in [0, 0.1) is 6.92 Å². The van der Waals surface area contributed by atoms with Crippen LogP contribution in [0.5, 0.6) is 0 Å². The number of aryl methyl sites for hydroxylation is 1. The van der Waals surface area contributed by atoms with E-state index < -0.39 is 44.7 Å². The minimum Gasteiger partial charge on any atom is -0.465 e. The number of hydrogen-bond donors (Lipinski definition) is 2. The molecule has 0 bridgehead atoms. The SMILES string of the molecule is CCOC(=O)CNC(=O)C1N(C(=O)Cn2cc(C)c(=O)[nH]c2=O)C(C)(C)SC1(C)C. The van der Waals surface area contributed by atoms with E-state index in [-0.39, 0.29) is 19.7 Å². The number of nitrogens with one attached hydrogen (secondary N) is 2. The molecule has 10 nitrogen and oxygen atoms in total. The van der Waals surface area contributed by atoms with Gasteiger partial charge >= 0.3 is 11.7 Å². The number of carbonyl (C=O) groups is 3. The molecule has 2 N–H and O–H groups in total. The van der Waals surface area contributed by atoms with E-state index in [0.717, 1.165) is 4.57 Å². The van der Waals surface area contributed by atoms with Gasteiger partial charge in [-0.3, -0.25) is 28.7 Å². The second-order valence-electron chi connectivity index (χ2n) is 8.04. The van der Waals surface area contributed by atoms with Gasteiger partial charge in [0, 0.05) is 16.5 Å². The number of aromatic nitrogens is 2. The Labute approximate surface area is 178 Å². The zero-order valence-corrected chi connectivity index (χ0v) is 18.8. The topological polar surface area (TPSA) is 131 Å².